The van der Waals surface area contributed by atoms with Gasteiger partial charge in [0.05, 0.1) is 6.04 Å². The van der Waals surface area contributed by atoms with Crippen molar-refractivity contribution in [3.63, 3.8) is 0 Å². The van der Waals surface area contributed by atoms with E-state index in [1.165, 1.54) is 0 Å². The van der Waals surface area contributed by atoms with Gasteiger partial charge in [0.2, 0.25) is 23.6 Å². The smallest absolute Gasteiger partial charge is 0.326 e. The van der Waals surface area contributed by atoms with Crippen LogP contribution in [-0.2, 0) is 24.0 Å². The van der Waals surface area contributed by atoms with Crippen molar-refractivity contribution < 1.29 is 29.1 Å². The summed E-state index contributed by atoms with van der Waals surface area (Å²) in [6.07, 6.45) is 1.39. The number of amides is 4. The van der Waals surface area contributed by atoms with Crippen molar-refractivity contribution in [3.8, 4) is 0 Å². The molecule has 0 aliphatic carbocycles. The van der Waals surface area contributed by atoms with Crippen LogP contribution in [0.3, 0.4) is 0 Å². The lowest BCUT2D eigenvalue weighted by molar-refractivity contribution is -0.142. The molecule has 4 unspecified atom stereocenters. The van der Waals surface area contributed by atoms with Crippen LogP contribution in [0.1, 0.15) is 38.5 Å². The molecule has 1 aliphatic rings. The molecule has 11 N–H and O–H groups in total. The fourth-order valence-electron chi connectivity index (χ4n) is 3.24. The number of nitrogens with two attached hydrogens (primary N) is 3. The minimum atomic E-state index is -1.38. The van der Waals surface area contributed by atoms with E-state index in [-0.39, 0.29) is 43.4 Å². The zero-order chi connectivity index (χ0) is 25.7. The minimum absolute atomic E-state index is 0.0248. The highest BCUT2D eigenvalue weighted by Crippen LogP contribution is 2.07. The maximum atomic E-state index is 12.8. The summed E-state index contributed by atoms with van der Waals surface area (Å²) in [6.45, 7) is 0.875. The zero-order valence-electron chi connectivity index (χ0n) is 18.8. The molecule has 1 fully saturated rings. The molecule has 0 aromatic heterocycles. The summed E-state index contributed by atoms with van der Waals surface area (Å²) in [6, 6.07) is -3.96. The van der Waals surface area contributed by atoms with E-state index in [1.54, 1.807) is 0 Å². The number of guanidine groups is 1. The SMILES string of the molecule is NC(=O)CCC(NC(=O)C(CCCN=C(N)N)NC(=O)C(CS)NC(=O)C1CCCN1)C(=O)O. The number of carboxylic acids is 1. The third-order valence-electron chi connectivity index (χ3n) is 5.06. The van der Waals surface area contributed by atoms with E-state index in [0.717, 1.165) is 6.42 Å². The molecule has 1 heterocycles. The second-order valence-electron chi connectivity index (χ2n) is 7.81. The Kier molecular flexibility index (Phi) is 12.7. The molecule has 4 atom stereocenters. The second kappa shape index (κ2) is 15.0. The van der Waals surface area contributed by atoms with E-state index in [4.69, 9.17) is 17.2 Å². The Bertz CT molecular complexity index is 770. The number of hydrogen-bond donors (Lipinski definition) is 9. The summed E-state index contributed by atoms with van der Waals surface area (Å²) in [7, 11) is 0. The fourth-order valence-corrected chi connectivity index (χ4v) is 3.49. The Labute approximate surface area is 202 Å². The first-order valence-electron chi connectivity index (χ1n) is 10.9. The molecule has 15 heteroatoms. The highest BCUT2D eigenvalue weighted by atomic mass is 32.1. The molecule has 0 radical (unpaired) electrons. The Morgan fingerprint density at radius 2 is 1.65 bits per heavy atom. The van der Waals surface area contributed by atoms with Gasteiger partial charge in [0.1, 0.15) is 18.1 Å². The molecule has 0 aromatic rings. The quantitative estimate of drug-likeness (QED) is 0.0466. The van der Waals surface area contributed by atoms with Crippen molar-refractivity contribution in [2.75, 3.05) is 18.8 Å². The van der Waals surface area contributed by atoms with Crippen LogP contribution >= 0.6 is 12.6 Å². The average molecular weight is 503 g/mol. The number of aliphatic carboxylic acids is 1. The number of hydrogen-bond acceptors (Lipinski definition) is 8. The summed E-state index contributed by atoms with van der Waals surface area (Å²) in [5.41, 5.74) is 15.6. The summed E-state index contributed by atoms with van der Waals surface area (Å²) >= 11 is 4.12. The molecule has 192 valence electrons. The van der Waals surface area contributed by atoms with Crippen LogP contribution in [0.2, 0.25) is 0 Å². The Hall–Kier alpha value is -3.07. The lowest BCUT2D eigenvalue weighted by Crippen LogP contribution is -2.57. The van der Waals surface area contributed by atoms with Crippen LogP contribution in [0.4, 0.5) is 0 Å². The summed E-state index contributed by atoms with van der Waals surface area (Å²) in [4.78, 5) is 64.2. The van der Waals surface area contributed by atoms with Gasteiger partial charge in [-0.1, -0.05) is 0 Å². The predicted molar refractivity (Wildman–Crippen MR) is 127 cm³/mol. The zero-order valence-corrected chi connectivity index (χ0v) is 19.7. The average Bonchev–Trinajstić information content (AvgIpc) is 3.31. The number of rotatable bonds is 15. The van der Waals surface area contributed by atoms with E-state index < -0.39 is 47.9 Å². The van der Waals surface area contributed by atoms with Crippen molar-refractivity contribution in [3.05, 3.63) is 0 Å². The Morgan fingerprint density at radius 3 is 2.18 bits per heavy atom. The van der Waals surface area contributed by atoms with Crippen molar-refractivity contribution in [1.29, 1.82) is 0 Å². The minimum Gasteiger partial charge on any atom is -0.480 e. The van der Waals surface area contributed by atoms with Crippen LogP contribution in [0, 0.1) is 0 Å². The lowest BCUT2D eigenvalue weighted by atomic mass is 10.1. The van der Waals surface area contributed by atoms with Gasteiger partial charge in [0.15, 0.2) is 5.96 Å². The van der Waals surface area contributed by atoms with E-state index in [9.17, 15) is 29.1 Å². The van der Waals surface area contributed by atoms with E-state index in [1.807, 2.05) is 0 Å². The first-order chi connectivity index (χ1) is 16.0. The molecule has 0 spiro atoms. The first-order valence-corrected chi connectivity index (χ1v) is 11.5. The van der Waals surface area contributed by atoms with Crippen LogP contribution in [0.25, 0.3) is 0 Å². The molecule has 4 amide bonds. The third kappa shape index (κ3) is 10.7. The predicted octanol–water partition coefficient (Wildman–Crippen LogP) is -3.47. The van der Waals surface area contributed by atoms with Crippen LogP contribution in [-0.4, -0.2) is 83.7 Å². The van der Waals surface area contributed by atoms with Gasteiger partial charge in [-0.3, -0.25) is 24.2 Å². The number of primary amides is 1. The van der Waals surface area contributed by atoms with Gasteiger partial charge in [-0.2, -0.15) is 12.6 Å². The van der Waals surface area contributed by atoms with Crippen molar-refractivity contribution in [2.45, 2.75) is 62.7 Å². The number of nitrogens with one attached hydrogen (secondary N) is 4. The van der Waals surface area contributed by atoms with Crippen LogP contribution < -0.4 is 38.5 Å². The number of carbonyl (C=O) groups is 5. The van der Waals surface area contributed by atoms with E-state index in [0.29, 0.717) is 19.4 Å². The number of carboxylic acid groups (broad SMARTS) is 1. The van der Waals surface area contributed by atoms with E-state index >= 15 is 0 Å². The molecule has 1 aliphatic heterocycles. The normalized spacial score (nSPS) is 17.6. The second-order valence-corrected chi connectivity index (χ2v) is 8.17. The van der Waals surface area contributed by atoms with Gasteiger partial charge < -0.3 is 43.6 Å². The van der Waals surface area contributed by atoms with Gasteiger partial charge in [-0.05, 0) is 38.6 Å². The molecule has 14 nitrogen and oxygen atoms in total. The third-order valence-corrected chi connectivity index (χ3v) is 5.43. The topological polar surface area (TPSA) is 244 Å². The maximum Gasteiger partial charge on any atom is 0.326 e. The van der Waals surface area contributed by atoms with Crippen LogP contribution in [0.5, 0.6) is 0 Å². The molecule has 34 heavy (non-hydrogen) atoms. The van der Waals surface area contributed by atoms with Crippen molar-refractivity contribution in [1.82, 2.24) is 21.3 Å². The van der Waals surface area contributed by atoms with Crippen molar-refractivity contribution >= 4 is 48.2 Å². The lowest BCUT2D eigenvalue weighted by Gasteiger charge is -2.24. The first kappa shape index (κ1) is 29.0. The van der Waals surface area contributed by atoms with Crippen molar-refractivity contribution in [2.24, 2.45) is 22.2 Å². The number of carbonyl (C=O) groups excluding carboxylic acids is 4. The number of thiol groups is 1. The highest BCUT2D eigenvalue weighted by molar-refractivity contribution is 7.80. The summed E-state index contributed by atoms with van der Waals surface area (Å²) in [5, 5.41) is 19.8. The maximum absolute atomic E-state index is 12.8. The van der Waals surface area contributed by atoms with Gasteiger partial charge in [-0.15, -0.1) is 0 Å². The standard InChI is InChI=1S/C19H34N8O6S/c20-14(28)6-5-12(18(32)33)26-16(30)11(4-2-8-24-19(21)22)25-17(31)13(9-34)27-15(29)10-3-1-7-23-10/h10-13,23,34H,1-9H2,(H2,20,28)(H,25,31)(H,26,30)(H,27,29)(H,32,33)(H4,21,22,24). The number of aliphatic imine (C=N–C) groups is 1. The molecular formula is C19H34N8O6S. The monoisotopic (exact) mass is 502 g/mol. The molecular weight excluding hydrogens is 468 g/mol. The molecule has 0 aromatic carbocycles. The number of nitrogens with zero attached hydrogens (tertiary/aromatic N) is 1. The van der Waals surface area contributed by atoms with Gasteiger partial charge in [0.25, 0.3) is 0 Å². The van der Waals surface area contributed by atoms with Gasteiger partial charge in [0, 0.05) is 18.7 Å². The highest BCUT2D eigenvalue weighted by Gasteiger charge is 2.30. The molecule has 1 saturated heterocycles. The Morgan fingerprint density at radius 1 is 1.00 bits per heavy atom. The van der Waals surface area contributed by atoms with Gasteiger partial charge >= 0.3 is 5.97 Å². The fraction of sp³-hybridized carbons (Fsp3) is 0.684. The molecule has 0 saturated carbocycles. The van der Waals surface area contributed by atoms with Gasteiger partial charge in [-0.25, -0.2) is 4.79 Å². The Balaban J connectivity index is 2.86. The summed E-state index contributed by atoms with van der Waals surface area (Å²) < 4.78 is 0. The molecule has 1 rings (SSSR count). The van der Waals surface area contributed by atoms with E-state index in [2.05, 4.69) is 38.9 Å². The van der Waals surface area contributed by atoms with Crippen LogP contribution in [0.15, 0.2) is 4.99 Å². The molecule has 0 bridgehead atoms. The largest absolute Gasteiger partial charge is 0.480 e. The summed E-state index contributed by atoms with van der Waals surface area (Å²) in [5.74, 6) is -4.03.